The fourth-order valence-electron chi connectivity index (χ4n) is 6.76. The van der Waals surface area contributed by atoms with E-state index in [1.807, 2.05) is 6.08 Å². The van der Waals surface area contributed by atoms with Gasteiger partial charge in [0.15, 0.2) is 28.8 Å². The van der Waals surface area contributed by atoms with Gasteiger partial charge in [0, 0.05) is 28.2 Å². The van der Waals surface area contributed by atoms with E-state index in [4.69, 9.17) is 16.3 Å². The number of anilines is 1. The van der Waals surface area contributed by atoms with Crippen molar-refractivity contribution in [1.82, 2.24) is 0 Å². The Morgan fingerprint density at radius 3 is 2.41 bits per heavy atom. The molecule has 4 atom stereocenters. The Balaban J connectivity index is 1.48. The number of phenols is 1. The lowest BCUT2D eigenvalue weighted by Crippen LogP contribution is -2.39. The third-order valence-electron chi connectivity index (χ3n) is 8.70. The summed E-state index contributed by atoms with van der Waals surface area (Å²) in [6.07, 6.45) is 3.66. The average Bonchev–Trinajstić information content (AvgIpc) is 3.21. The molecule has 1 N–H and O–H groups in total. The number of hydrogen-bond donors (Lipinski definition) is 1. The third-order valence-corrected chi connectivity index (χ3v) is 8.99. The van der Waals surface area contributed by atoms with Crippen LogP contribution in [0.2, 0.25) is 5.02 Å². The molecule has 8 nitrogen and oxygen atoms in total. The molecule has 2 aromatic carbocycles. The second-order valence-corrected chi connectivity index (χ2v) is 11.3. The summed E-state index contributed by atoms with van der Waals surface area (Å²) in [5.41, 5.74) is 3.11. The molecule has 1 aliphatic heterocycles. The van der Waals surface area contributed by atoms with E-state index >= 15 is 0 Å². The number of rotatable bonds is 4. The van der Waals surface area contributed by atoms with E-state index in [2.05, 4.69) is 0 Å². The van der Waals surface area contributed by atoms with Gasteiger partial charge in [-0.2, -0.15) is 0 Å². The van der Waals surface area contributed by atoms with Crippen LogP contribution in [-0.4, -0.2) is 41.4 Å². The summed E-state index contributed by atoms with van der Waals surface area (Å²) >= 11 is 6.35. The van der Waals surface area contributed by atoms with E-state index in [0.717, 1.165) is 5.57 Å². The molecular formula is C32H26ClNO7. The van der Waals surface area contributed by atoms with Crippen molar-refractivity contribution in [2.45, 2.75) is 32.6 Å². The summed E-state index contributed by atoms with van der Waals surface area (Å²) in [6.45, 7) is 3.04. The maximum absolute atomic E-state index is 14.0. The number of nitrogens with zero attached hydrogens (tertiary/aromatic N) is 1. The predicted molar refractivity (Wildman–Crippen MR) is 150 cm³/mol. The minimum Gasteiger partial charge on any atom is -0.503 e. The second-order valence-electron chi connectivity index (χ2n) is 10.9. The van der Waals surface area contributed by atoms with Gasteiger partial charge in [0.1, 0.15) is 0 Å². The minimum atomic E-state index is -0.740. The first-order valence-electron chi connectivity index (χ1n) is 13.3. The highest BCUT2D eigenvalue weighted by Crippen LogP contribution is 2.56. The van der Waals surface area contributed by atoms with Gasteiger partial charge in [0.2, 0.25) is 11.8 Å². The van der Waals surface area contributed by atoms with E-state index in [1.165, 1.54) is 25.0 Å². The van der Waals surface area contributed by atoms with Crippen LogP contribution in [0.5, 0.6) is 11.5 Å². The zero-order chi connectivity index (χ0) is 29.3. The number of ether oxygens (including phenoxy) is 1. The van der Waals surface area contributed by atoms with Crippen LogP contribution in [0, 0.1) is 17.8 Å². The van der Waals surface area contributed by atoms with E-state index in [0.29, 0.717) is 33.5 Å². The molecule has 1 fully saturated rings. The second kappa shape index (κ2) is 9.66. The number of amides is 2. The monoisotopic (exact) mass is 571 g/mol. The van der Waals surface area contributed by atoms with Crippen molar-refractivity contribution in [3.05, 3.63) is 87.0 Å². The summed E-state index contributed by atoms with van der Waals surface area (Å²) in [5.74, 6) is -4.15. The summed E-state index contributed by atoms with van der Waals surface area (Å²) in [6, 6.07) is 9.47. The molecule has 4 unspecified atom stereocenters. The van der Waals surface area contributed by atoms with Gasteiger partial charge in [-0.05, 0) is 80.6 Å². The Labute approximate surface area is 240 Å². The van der Waals surface area contributed by atoms with Crippen LogP contribution in [-0.2, 0) is 19.2 Å². The summed E-state index contributed by atoms with van der Waals surface area (Å²) in [7, 11) is 1.39. The molecule has 0 spiro atoms. The number of phenolic OH excluding ortho intramolecular Hbond substituents is 1. The predicted octanol–water partition coefficient (Wildman–Crippen LogP) is 4.89. The number of carbonyl (C=O) groups is 5. The van der Waals surface area contributed by atoms with E-state index in [1.54, 1.807) is 43.3 Å². The van der Waals surface area contributed by atoms with Crippen LogP contribution in [0.1, 0.15) is 48.5 Å². The molecule has 208 valence electrons. The normalized spacial score (nSPS) is 25.4. The lowest BCUT2D eigenvalue weighted by atomic mass is 9.59. The van der Waals surface area contributed by atoms with Crippen molar-refractivity contribution in [2.75, 3.05) is 12.0 Å². The van der Waals surface area contributed by atoms with Gasteiger partial charge in [0.05, 0.1) is 29.7 Å². The first kappa shape index (κ1) is 26.9. The van der Waals surface area contributed by atoms with Crippen LogP contribution in [0.4, 0.5) is 5.69 Å². The van der Waals surface area contributed by atoms with Crippen LogP contribution < -0.4 is 9.64 Å². The topological polar surface area (TPSA) is 118 Å². The molecule has 6 rings (SSSR count). The van der Waals surface area contributed by atoms with Gasteiger partial charge in [-0.1, -0.05) is 23.3 Å². The first-order valence-corrected chi connectivity index (χ1v) is 13.7. The minimum absolute atomic E-state index is 0.0204. The van der Waals surface area contributed by atoms with Crippen molar-refractivity contribution in [2.24, 2.45) is 17.8 Å². The number of Topliss-reactive ketones (excluding diaryl/α,β-unsaturated/α-hetero) is 2. The molecule has 0 radical (unpaired) electrons. The zero-order valence-electron chi connectivity index (χ0n) is 22.6. The van der Waals surface area contributed by atoms with Gasteiger partial charge in [-0.3, -0.25) is 28.9 Å². The molecule has 3 aliphatic carbocycles. The Morgan fingerprint density at radius 2 is 1.76 bits per heavy atom. The molecular weight excluding hydrogens is 546 g/mol. The van der Waals surface area contributed by atoms with E-state index in [-0.39, 0.29) is 58.5 Å². The number of imide groups is 1. The Morgan fingerprint density at radius 1 is 1.05 bits per heavy atom. The molecule has 1 heterocycles. The fraction of sp³-hybridized carbons (Fsp3) is 0.281. The van der Waals surface area contributed by atoms with Crippen molar-refractivity contribution in [3.8, 4) is 11.5 Å². The van der Waals surface area contributed by atoms with Crippen molar-refractivity contribution < 1.29 is 33.8 Å². The molecule has 2 amide bonds. The number of fused-ring (bicyclic) bond motifs is 3. The smallest absolute Gasteiger partial charge is 0.238 e. The highest BCUT2D eigenvalue weighted by Gasteiger charge is 2.56. The van der Waals surface area contributed by atoms with E-state index < -0.39 is 23.7 Å². The quantitative estimate of drug-likeness (QED) is 0.240. The van der Waals surface area contributed by atoms with Crippen molar-refractivity contribution in [3.63, 3.8) is 0 Å². The Hall–Kier alpha value is -4.30. The number of methoxy groups -OCH3 is 1. The van der Waals surface area contributed by atoms with E-state index in [9.17, 15) is 29.1 Å². The van der Waals surface area contributed by atoms with Gasteiger partial charge in [0.25, 0.3) is 0 Å². The van der Waals surface area contributed by atoms with Crippen LogP contribution in [0.25, 0.3) is 0 Å². The number of ketones is 3. The van der Waals surface area contributed by atoms with Gasteiger partial charge < -0.3 is 9.84 Å². The molecule has 41 heavy (non-hydrogen) atoms. The largest absolute Gasteiger partial charge is 0.503 e. The summed E-state index contributed by atoms with van der Waals surface area (Å²) < 4.78 is 5.33. The molecule has 1 saturated heterocycles. The maximum atomic E-state index is 14.0. The van der Waals surface area contributed by atoms with Crippen LogP contribution in [0.15, 0.2) is 70.8 Å². The molecule has 9 heteroatoms. The number of halogens is 1. The fourth-order valence-corrected chi connectivity index (χ4v) is 6.98. The molecule has 0 saturated carbocycles. The van der Waals surface area contributed by atoms with Crippen LogP contribution in [0.3, 0.4) is 0 Å². The highest BCUT2D eigenvalue weighted by molar-refractivity contribution is 6.32. The zero-order valence-corrected chi connectivity index (χ0v) is 23.3. The highest BCUT2D eigenvalue weighted by atomic mass is 35.5. The van der Waals surface area contributed by atoms with Crippen molar-refractivity contribution >= 4 is 46.5 Å². The van der Waals surface area contributed by atoms with Gasteiger partial charge >= 0.3 is 0 Å². The number of hydrogen-bond acceptors (Lipinski definition) is 7. The summed E-state index contributed by atoms with van der Waals surface area (Å²) in [4.78, 5) is 67.4. The van der Waals surface area contributed by atoms with Gasteiger partial charge in [-0.15, -0.1) is 0 Å². The van der Waals surface area contributed by atoms with Crippen LogP contribution >= 0.6 is 11.6 Å². The third kappa shape index (κ3) is 4.00. The summed E-state index contributed by atoms with van der Waals surface area (Å²) in [5, 5.41) is 10.4. The Kier molecular flexibility index (Phi) is 6.34. The Bertz CT molecular complexity index is 1680. The molecule has 0 bridgehead atoms. The van der Waals surface area contributed by atoms with Gasteiger partial charge in [-0.25, -0.2) is 0 Å². The number of benzene rings is 2. The molecule has 4 aliphatic rings. The lowest BCUT2D eigenvalue weighted by Gasteiger charge is -2.42. The number of aromatic hydroxyl groups is 1. The molecule has 2 aromatic rings. The lowest BCUT2D eigenvalue weighted by molar-refractivity contribution is -0.123. The number of allylic oxidation sites excluding steroid dienone is 6. The first-order chi connectivity index (χ1) is 19.5. The standard InChI is InChI=1S/C32H26ClNO7/c1-14-10-24(36)22-13-21-19(26(28(22)29(14)37)17-11-23(33)30(38)25(12-17)41-3)8-9-20-27(21)32(40)34(31(20)39)18-6-4-16(5-7-18)15(2)35/h4-8,10-12,20-21,26-27,38H,9,13H2,1-3H3. The molecule has 0 aromatic heterocycles. The number of carbonyl (C=O) groups excluding carboxylic acids is 5. The maximum Gasteiger partial charge on any atom is 0.238 e. The van der Waals surface area contributed by atoms with Crippen molar-refractivity contribution in [1.29, 1.82) is 0 Å². The average molecular weight is 572 g/mol. The SMILES string of the molecule is COc1cc(C2C3=CCC4C(=O)N(c5ccc(C(C)=O)cc5)C(=O)C4C3CC3=C2C(=O)C(C)=CC3=O)cc(Cl)c1O.